The number of sulfone groups is 1. The quantitative estimate of drug-likeness (QED) is 0.820. The fraction of sp³-hybridized carbons (Fsp3) is 0.412. The smallest absolute Gasteiger partial charge is 0.248 e. The number of aromatic nitrogens is 2. The molecule has 3 rings (SSSR count). The highest BCUT2D eigenvalue weighted by molar-refractivity contribution is 7.93. The number of carbonyl (C=O) groups is 1. The molecule has 0 radical (unpaired) electrons. The molecule has 0 spiro atoms. The first kappa shape index (κ1) is 17.6. The van der Waals surface area contributed by atoms with Crippen LogP contribution in [-0.2, 0) is 26.4 Å². The van der Waals surface area contributed by atoms with E-state index in [4.69, 9.17) is 4.74 Å². The highest BCUT2D eigenvalue weighted by Crippen LogP contribution is 2.37. The van der Waals surface area contributed by atoms with Gasteiger partial charge in [0.2, 0.25) is 5.91 Å². The molecule has 1 saturated heterocycles. The molecule has 8 heteroatoms. The molecule has 0 atom stereocenters. The van der Waals surface area contributed by atoms with Gasteiger partial charge in [-0.05, 0) is 25.0 Å². The van der Waals surface area contributed by atoms with Crippen molar-refractivity contribution in [1.82, 2.24) is 9.78 Å². The molecule has 2 aromatic rings. The van der Waals surface area contributed by atoms with Crippen LogP contribution in [0.4, 0.5) is 5.69 Å². The van der Waals surface area contributed by atoms with Crippen molar-refractivity contribution in [2.45, 2.75) is 22.5 Å². The largest absolute Gasteiger partial charge is 0.381 e. The minimum atomic E-state index is -3.87. The van der Waals surface area contributed by atoms with Gasteiger partial charge in [-0.2, -0.15) is 5.10 Å². The van der Waals surface area contributed by atoms with E-state index in [9.17, 15) is 13.2 Å². The molecule has 25 heavy (non-hydrogen) atoms. The summed E-state index contributed by atoms with van der Waals surface area (Å²) in [5.41, 5.74) is 0.557. The third-order valence-electron chi connectivity index (χ3n) is 4.64. The minimum Gasteiger partial charge on any atom is -0.381 e. The standard InChI is InChI=1S/C17H21N3O4S/c1-19-13-14(12-18-19)20(2)16(21)17(8-10-24-11-9-17)25(22,23)15-6-4-3-5-7-15/h3-7,12-13H,8-11H2,1-2H3. The van der Waals surface area contributed by atoms with Gasteiger partial charge in [0.25, 0.3) is 0 Å². The lowest BCUT2D eigenvalue weighted by atomic mass is 9.97. The van der Waals surface area contributed by atoms with Crippen LogP contribution in [-0.4, -0.2) is 49.1 Å². The van der Waals surface area contributed by atoms with Gasteiger partial charge in [-0.3, -0.25) is 9.48 Å². The fourth-order valence-corrected chi connectivity index (χ4v) is 5.17. The molecule has 1 fully saturated rings. The number of carbonyl (C=O) groups excluding carboxylic acids is 1. The Bertz CT molecular complexity index is 855. The van der Waals surface area contributed by atoms with Gasteiger partial charge >= 0.3 is 0 Å². The van der Waals surface area contributed by atoms with Gasteiger partial charge in [-0.15, -0.1) is 0 Å². The van der Waals surface area contributed by atoms with E-state index in [0.717, 1.165) is 0 Å². The van der Waals surface area contributed by atoms with Gasteiger partial charge in [0.15, 0.2) is 14.6 Å². The number of amides is 1. The normalized spacial score (nSPS) is 17.2. The second kappa shape index (κ2) is 6.61. The number of aryl methyl sites for hydroxylation is 1. The summed E-state index contributed by atoms with van der Waals surface area (Å²) in [6.45, 7) is 0.470. The van der Waals surface area contributed by atoms with E-state index in [-0.39, 0.29) is 31.0 Å². The molecule has 1 aliphatic heterocycles. The molecule has 1 aromatic carbocycles. The molecule has 1 aliphatic rings. The van der Waals surface area contributed by atoms with Crippen LogP contribution in [0.1, 0.15) is 12.8 Å². The Kier molecular flexibility index (Phi) is 4.66. The van der Waals surface area contributed by atoms with Gasteiger partial charge in [0.05, 0.1) is 16.8 Å². The van der Waals surface area contributed by atoms with Crippen LogP contribution in [0.3, 0.4) is 0 Å². The van der Waals surface area contributed by atoms with Gasteiger partial charge in [0, 0.05) is 33.5 Å². The molecule has 1 aromatic heterocycles. The van der Waals surface area contributed by atoms with Gasteiger partial charge in [-0.1, -0.05) is 18.2 Å². The minimum absolute atomic E-state index is 0.133. The second-order valence-electron chi connectivity index (χ2n) is 6.16. The summed E-state index contributed by atoms with van der Waals surface area (Å²) < 4.78 is 32.1. The van der Waals surface area contributed by atoms with E-state index >= 15 is 0 Å². The summed E-state index contributed by atoms with van der Waals surface area (Å²) in [6, 6.07) is 8.14. The molecule has 7 nitrogen and oxygen atoms in total. The Morgan fingerprint density at radius 1 is 1.24 bits per heavy atom. The van der Waals surface area contributed by atoms with Crippen molar-refractivity contribution in [3.8, 4) is 0 Å². The van der Waals surface area contributed by atoms with E-state index < -0.39 is 20.5 Å². The van der Waals surface area contributed by atoms with E-state index in [0.29, 0.717) is 5.69 Å². The van der Waals surface area contributed by atoms with Gasteiger partial charge in [0.1, 0.15) is 0 Å². The zero-order valence-electron chi connectivity index (χ0n) is 14.3. The Morgan fingerprint density at radius 2 is 1.88 bits per heavy atom. The number of rotatable bonds is 4. The molecule has 0 N–H and O–H groups in total. The van der Waals surface area contributed by atoms with Crippen molar-refractivity contribution in [2.75, 3.05) is 25.2 Å². The van der Waals surface area contributed by atoms with Crippen LogP contribution in [0.2, 0.25) is 0 Å². The summed E-state index contributed by atoms with van der Waals surface area (Å²) in [5, 5.41) is 4.06. The van der Waals surface area contributed by atoms with Gasteiger partial charge < -0.3 is 9.64 Å². The van der Waals surface area contributed by atoms with Crippen LogP contribution in [0.5, 0.6) is 0 Å². The van der Waals surface area contributed by atoms with Crippen LogP contribution >= 0.6 is 0 Å². The van der Waals surface area contributed by atoms with Crippen LogP contribution in [0.15, 0.2) is 47.6 Å². The van der Waals surface area contributed by atoms with E-state index in [2.05, 4.69) is 5.10 Å². The number of anilines is 1. The average molecular weight is 363 g/mol. The molecule has 134 valence electrons. The first-order chi connectivity index (χ1) is 11.9. The van der Waals surface area contributed by atoms with E-state index in [1.54, 1.807) is 49.4 Å². The first-order valence-electron chi connectivity index (χ1n) is 8.03. The third kappa shape index (κ3) is 2.96. The van der Waals surface area contributed by atoms with Crippen LogP contribution in [0, 0.1) is 0 Å². The summed E-state index contributed by atoms with van der Waals surface area (Å²) in [7, 11) is -0.544. The maximum absolute atomic E-state index is 13.4. The van der Waals surface area contributed by atoms with Crippen molar-refractivity contribution in [3.63, 3.8) is 0 Å². The number of ether oxygens (including phenoxy) is 1. The van der Waals surface area contributed by atoms with Gasteiger partial charge in [-0.25, -0.2) is 8.42 Å². The maximum Gasteiger partial charge on any atom is 0.248 e. The Labute approximate surface area is 147 Å². The molecule has 0 saturated carbocycles. The molecule has 0 bridgehead atoms. The van der Waals surface area contributed by atoms with E-state index in [1.165, 1.54) is 17.0 Å². The third-order valence-corrected chi connectivity index (χ3v) is 7.15. The molecule has 2 heterocycles. The van der Waals surface area contributed by atoms with Crippen LogP contribution < -0.4 is 4.90 Å². The second-order valence-corrected chi connectivity index (χ2v) is 8.42. The topological polar surface area (TPSA) is 81.5 Å². The van der Waals surface area contributed by atoms with Crippen molar-refractivity contribution < 1.29 is 17.9 Å². The summed E-state index contributed by atoms with van der Waals surface area (Å²) in [4.78, 5) is 14.8. The summed E-state index contributed by atoms with van der Waals surface area (Å²) in [5.74, 6) is -0.451. The Hall–Kier alpha value is -2.19. The molecule has 0 aliphatic carbocycles. The molecular formula is C17H21N3O4S. The van der Waals surface area contributed by atoms with Crippen molar-refractivity contribution >= 4 is 21.4 Å². The van der Waals surface area contributed by atoms with Crippen molar-refractivity contribution in [1.29, 1.82) is 0 Å². The number of nitrogens with zero attached hydrogens (tertiary/aromatic N) is 3. The van der Waals surface area contributed by atoms with Crippen LogP contribution in [0.25, 0.3) is 0 Å². The Morgan fingerprint density at radius 3 is 2.44 bits per heavy atom. The fourth-order valence-electron chi connectivity index (χ4n) is 3.13. The summed E-state index contributed by atoms with van der Waals surface area (Å²) >= 11 is 0. The predicted octanol–water partition coefficient (Wildman–Crippen LogP) is 1.41. The average Bonchev–Trinajstić information content (AvgIpc) is 3.08. The maximum atomic E-state index is 13.4. The highest BCUT2D eigenvalue weighted by Gasteiger charge is 2.53. The highest BCUT2D eigenvalue weighted by atomic mass is 32.2. The van der Waals surface area contributed by atoms with Crippen molar-refractivity contribution in [2.24, 2.45) is 7.05 Å². The first-order valence-corrected chi connectivity index (χ1v) is 9.51. The van der Waals surface area contributed by atoms with E-state index in [1.807, 2.05) is 0 Å². The molecule has 0 unspecified atom stereocenters. The number of hydrogen-bond acceptors (Lipinski definition) is 5. The molecule has 1 amide bonds. The molecular weight excluding hydrogens is 342 g/mol. The number of benzene rings is 1. The zero-order chi connectivity index (χ0) is 18.1. The summed E-state index contributed by atoms with van der Waals surface area (Å²) in [6.07, 6.45) is 3.49. The predicted molar refractivity (Wildman–Crippen MR) is 93.0 cm³/mol. The monoisotopic (exact) mass is 363 g/mol. The SMILES string of the molecule is CN(C(=O)C1(S(=O)(=O)c2ccccc2)CCOCC1)c1cnn(C)c1. The lowest BCUT2D eigenvalue weighted by molar-refractivity contribution is -0.123. The zero-order valence-corrected chi connectivity index (χ0v) is 15.1. The van der Waals surface area contributed by atoms with Crippen molar-refractivity contribution in [3.05, 3.63) is 42.7 Å². The lowest BCUT2D eigenvalue weighted by Crippen LogP contribution is -2.56. The lowest BCUT2D eigenvalue weighted by Gasteiger charge is -2.37. The Balaban J connectivity index is 2.06. The number of hydrogen-bond donors (Lipinski definition) is 0.